The van der Waals surface area contributed by atoms with Gasteiger partial charge in [0, 0.05) is 0 Å². The number of aliphatic hydroxyl groups excluding tert-OH is 1. The third-order valence-corrected chi connectivity index (χ3v) is 4.03. The molecule has 0 heterocycles. The predicted octanol–water partition coefficient (Wildman–Crippen LogP) is 1.36. The highest BCUT2D eigenvalue weighted by molar-refractivity contribution is 6.00. The molecule has 0 spiro atoms. The van der Waals surface area contributed by atoms with E-state index in [9.17, 15) is 14.7 Å². The van der Waals surface area contributed by atoms with Crippen LogP contribution in [0.2, 0.25) is 0 Å². The van der Waals surface area contributed by atoms with Gasteiger partial charge >= 0.3 is 0 Å². The molecule has 0 unspecified atom stereocenters. The maximum absolute atomic E-state index is 12.5. The second-order valence-corrected chi connectivity index (χ2v) is 5.81. The molecule has 0 fully saturated rings. The van der Waals surface area contributed by atoms with Gasteiger partial charge in [0.2, 0.25) is 0 Å². The summed E-state index contributed by atoms with van der Waals surface area (Å²) in [6.45, 7) is 1.32. The van der Waals surface area contributed by atoms with Gasteiger partial charge < -0.3 is 19.9 Å². The van der Waals surface area contributed by atoms with Crippen molar-refractivity contribution in [3.63, 3.8) is 0 Å². The Kier molecular flexibility index (Phi) is 6.75. The Balaban J connectivity index is 2.29. The molecule has 0 bridgehead atoms. The standard InChI is InChI=1S/C19H22N2O6/c1-11(22)17(19(24)21-25)20-18(23)15-9-6-13(10-16(15)27-3)12-4-7-14(26-2)8-5-12/h4-11,17,22,25H,1-3H3,(H,20,23)(H,21,24)/t11-,17+/m1/s1. The molecule has 4 N–H and O–H groups in total. The molecule has 27 heavy (non-hydrogen) atoms. The van der Waals surface area contributed by atoms with Crippen LogP contribution in [0, 0.1) is 0 Å². The summed E-state index contributed by atoms with van der Waals surface area (Å²) in [5.41, 5.74) is 3.33. The van der Waals surface area contributed by atoms with Gasteiger partial charge in [0.25, 0.3) is 11.8 Å². The van der Waals surface area contributed by atoms with Crippen LogP contribution in [-0.4, -0.2) is 48.5 Å². The van der Waals surface area contributed by atoms with E-state index in [1.165, 1.54) is 19.5 Å². The first kappa shape index (κ1) is 20.2. The highest BCUT2D eigenvalue weighted by Crippen LogP contribution is 2.28. The monoisotopic (exact) mass is 374 g/mol. The lowest BCUT2D eigenvalue weighted by molar-refractivity contribution is -0.133. The van der Waals surface area contributed by atoms with E-state index in [0.29, 0.717) is 5.75 Å². The van der Waals surface area contributed by atoms with E-state index in [4.69, 9.17) is 14.7 Å². The van der Waals surface area contributed by atoms with Crippen molar-refractivity contribution in [1.29, 1.82) is 0 Å². The maximum atomic E-state index is 12.5. The van der Waals surface area contributed by atoms with Gasteiger partial charge in [-0.05, 0) is 42.3 Å². The molecule has 2 amide bonds. The summed E-state index contributed by atoms with van der Waals surface area (Å²) in [7, 11) is 3.01. The Bertz CT molecular complexity index is 804. The summed E-state index contributed by atoms with van der Waals surface area (Å²) in [6, 6.07) is 11.1. The van der Waals surface area contributed by atoms with Crippen molar-refractivity contribution in [2.24, 2.45) is 0 Å². The lowest BCUT2D eigenvalue weighted by atomic mass is 10.0. The number of benzene rings is 2. The molecule has 0 aliphatic carbocycles. The van der Waals surface area contributed by atoms with E-state index in [-0.39, 0.29) is 5.56 Å². The molecule has 2 rings (SSSR count). The molecule has 2 aromatic rings. The Hall–Kier alpha value is -3.10. The second-order valence-electron chi connectivity index (χ2n) is 5.81. The Labute approximate surface area is 156 Å². The van der Waals surface area contributed by atoms with Crippen molar-refractivity contribution >= 4 is 11.8 Å². The van der Waals surface area contributed by atoms with Gasteiger partial charge in [0.05, 0.1) is 25.9 Å². The quantitative estimate of drug-likeness (QED) is 0.429. The van der Waals surface area contributed by atoms with E-state index in [1.54, 1.807) is 25.3 Å². The van der Waals surface area contributed by atoms with Gasteiger partial charge in [-0.2, -0.15) is 0 Å². The minimum atomic E-state index is -1.31. The van der Waals surface area contributed by atoms with Gasteiger partial charge in [-0.3, -0.25) is 14.8 Å². The maximum Gasteiger partial charge on any atom is 0.268 e. The van der Waals surface area contributed by atoms with Crippen molar-refractivity contribution in [3.8, 4) is 22.6 Å². The minimum Gasteiger partial charge on any atom is -0.497 e. The first-order chi connectivity index (χ1) is 12.9. The number of carbonyl (C=O) groups is 2. The molecule has 0 aliphatic heterocycles. The second kappa shape index (κ2) is 9.02. The van der Waals surface area contributed by atoms with Crippen LogP contribution in [0.5, 0.6) is 11.5 Å². The third-order valence-electron chi connectivity index (χ3n) is 4.03. The average Bonchev–Trinajstić information content (AvgIpc) is 2.70. The molecule has 2 aromatic carbocycles. The van der Waals surface area contributed by atoms with Gasteiger partial charge in [-0.15, -0.1) is 0 Å². The van der Waals surface area contributed by atoms with Crippen molar-refractivity contribution in [2.45, 2.75) is 19.1 Å². The molecule has 0 aromatic heterocycles. The fourth-order valence-electron chi connectivity index (χ4n) is 2.54. The molecular weight excluding hydrogens is 352 g/mol. The van der Waals surface area contributed by atoms with Crippen LogP contribution in [0.1, 0.15) is 17.3 Å². The zero-order valence-corrected chi connectivity index (χ0v) is 15.2. The van der Waals surface area contributed by atoms with Crippen LogP contribution in [0.4, 0.5) is 0 Å². The third kappa shape index (κ3) is 4.75. The van der Waals surface area contributed by atoms with E-state index in [0.717, 1.165) is 16.9 Å². The largest absolute Gasteiger partial charge is 0.497 e. The predicted molar refractivity (Wildman–Crippen MR) is 97.8 cm³/mol. The number of carbonyl (C=O) groups excluding carboxylic acids is 2. The molecule has 8 nitrogen and oxygen atoms in total. The summed E-state index contributed by atoms with van der Waals surface area (Å²) in [4.78, 5) is 24.1. The molecule has 8 heteroatoms. The molecule has 144 valence electrons. The summed E-state index contributed by atoms with van der Waals surface area (Å²) >= 11 is 0. The molecule has 2 atom stereocenters. The first-order valence-corrected chi connectivity index (χ1v) is 8.16. The van der Waals surface area contributed by atoms with Crippen molar-refractivity contribution in [1.82, 2.24) is 10.8 Å². The number of rotatable bonds is 7. The van der Waals surface area contributed by atoms with E-state index in [2.05, 4.69) is 5.32 Å². The molecule has 0 saturated carbocycles. The number of hydrogen-bond acceptors (Lipinski definition) is 6. The Morgan fingerprint density at radius 1 is 1.00 bits per heavy atom. The van der Waals surface area contributed by atoms with Crippen LogP contribution in [-0.2, 0) is 4.79 Å². The number of nitrogens with one attached hydrogen (secondary N) is 2. The van der Waals surface area contributed by atoms with Crippen molar-refractivity contribution < 1.29 is 29.4 Å². The molecule has 0 aliphatic rings. The summed E-state index contributed by atoms with van der Waals surface area (Å²) < 4.78 is 10.4. The normalized spacial score (nSPS) is 12.6. The Morgan fingerprint density at radius 2 is 1.63 bits per heavy atom. The number of hydroxylamine groups is 1. The van der Waals surface area contributed by atoms with Crippen molar-refractivity contribution in [2.75, 3.05) is 14.2 Å². The van der Waals surface area contributed by atoms with Gasteiger partial charge in [0.1, 0.15) is 17.5 Å². The highest BCUT2D eigenvalue weighted by Gasteiger charge is 2.27. The lowest BCUT2D eigenvalue weighted by Crippen LogP contribution is -2.51. The number of methoxy groups -OCH3 is 2. The SMILES string of the molecule is COc1ccc(-c2ccc(C(=O)N[C@H](C(=O)NO)[C@@H](C)O)c(OC)c2)cc1. The smallest absolute Gasteiger partial charge is 0.268 e. The number of amides is 2. The molecule has 0 radical (unpaired) electrons. The first-order valence-electron chi connectivity index (χ1n) is 8.16. The van der Waals surface area contributed by atoms with Crippen LogP contribution in [0.3, 0.4) is 0 Å². The fraction of sp³-hybridized carbons (Fsp3) is 0.263. The van der Waals surface area contributed by atoms with Crippen molar-refractivity contribution in [3.05, 3.63) is 48.0 Å². The van der Waals surface area contributed by atoms with Crippen LogP contribution in [0.25, 0.3) is 11.1 Å². The molecular formula is C19H22N2O6. The number of ether oxygens (including phenoxy) is 2. The van der Waals surface area contributed by atoms with Crippen LogP contribution in [0.15, 0.2) is 42.5 Å². The lowest BCUT2D eigenvalue weighted by Gasteiger charge is -2.20. The molecule has 0 saturated heterocycles. The van der Waals surface area contributed by atoms with E-state index in [1.807, 2.05) is 24.3 Å². The van der Waals surface area contributed by atoms with E-state index < -0.39 is 24.0 Å². The zero-order valence-electron chi connectivity index (χ0n) is 15.2. The van der Waals surface area contributed by atoms with Gasteiger partial charge in [0.15, 0.2) is 0 Å². The fourth-order valence-corrected chi connectivity index (χ4v) is 2.54. The summed E-state index contributed by atoms with van der Waals surface area (Å²) in [5, 5.41) is 20.8. The summed E-state index contributed by atoms with van der Waals surface area (Å²) in [5.74, 6) is -0.516. The van der Waals surface area contributed by atoms with Gasteiger partial charge in [-0.25, -0.2) is 5.48 Å². The summed E-state index contributed by atoms with van der Waals surface area (Å²) in [6.07, 6.45) is -1.20. The van der Waals surface area contributed by atoms with Crippen LogP contribution < -0.4 is 20.3 Å². The topological polar surface area (TPSA) is 117 Å². The average molecular weight is 374 g/mol. The highest BCUT2D eigenvalue weighted by atomic mass is 16.5. The minimum absolute atomic E-state index is 0.186. The zero-order chi connectivity index (χ0) is 20.0. The van der Waals surface area contributed by atoms with Gasteiger partial charge in [-0.1, -0.05) is 18.2 Å². The van der Waals surface area contributed by atoms with Crippen LogP contribution >= 0.6 is 0 Å². The Morgan fingerprint density at radius 3 is 2.15 bits per heavy atom. The number of hydrogen-bond donors (Lipinski definition) is 4. The van der Waals surface area contributed by atoms with E-state index >= 15 is 0 Å². The number of aliphatic hydroxyl groups is 1.